The normalized spacial score (nSPS) is 25.0. The number of rotatable bonds is 5. The highest BCUT2D eigenvalue weighted by Gasteiger charge is 2.21. The van der Waals surface area contributed by atoms with E-state index in [9.17, 15) is 0 Å². The van der Waals surface area contributed by atoms with Crippen molar-refractivity contribution in [2.45, 2.75) is 57.9 Å². The van der Waals surface area contributed by atoms with Crippen molar-refractivity contribution in [3.8, 4) is 0 Å². The van der Waals surface area contributed by atoms with Gasteiger partial charge in [-0.3, -0.25) is 0 Å². The number of aromatic nitrogens is 2. The molecule has 2 unspecified atom stereocenters. The minimum absolute atomic E-state index is 0.734. The van der Waals surface area contributed by atoms with Crippen molar-refractivity contribution in [2.24, 2.45) is 13.0 Å². The van der Waals surface area contributed by atoms with Crippen LogP contribution in [0, 0.1) is 5.92 Å². The molecule has 0 aliphatic heterocycles. The Hall–Kier alpha value is -0.830. The number of imidazole rings is 1. The first kappa shape index (κ1) is 13.6. The van der Waals surface area contributed by atoms with Crippen LogP contribution >= 0.6 is 0 Å². The van der Waals surface area contributed by atoms with Crippen LogP contribution < -0.4 is 5.32 Å². The molecule has 0 radical (unpaired) electrons. The maximum atomic E-state index is 4.47. The minimum atomic E-state index is 0.734. The second-order valence-electron chi connectivity index (χ2n) is 5.70. The largest absolute Gasteiger partial charge is 0.338 e. The Morgan fingerprint density at radius 1 is 1.39 bits per heavy atom. The van der Waals surface area contributed by atoms with Gasteiger partial charge in [0.2, 0.25) is 0 Å². The summed E-state index contributed by atoms with van der Waals surface area (Å²) in [5.74, 6) is 2.05. The first-order chi connectivity index (χ1) is 8.79. The lowest BCUT2D eigenvalue weighted by Gasteiger charge is -2.21. The van der Waals surface area contributed by atoms with E-state index in [0.29, 0.717) is 0 Å². The summed E-state index contributed by atoms with van der Waals surface area (Å²) >= 11 is 0. The third-order valence-electron chi connectivity index (χ3n) is 4.11. The SMILES string of the molecule is CCCNC1CCCCC(Cc2nccn2C)C1. The van der Waals surface area contributed by atoms with E-state index in [2.05, 4.69) is 35.0 Å². The van der Waals surface area contributed by atoms with E-state index in [1.165, 1.54) is 50.9 Å². The van der Waals surface area contributed by atoms with E-state index in [1.807, 2.05) is 6.20 Å². The molecule has 0 aromatic carbocycles. The Kier molecular flexibility index (Phi) is 5.24. The number of hydrogen-bond acceptors (Lipinski definition) is 2. The fraction of sp³-hybridized carbons (Fsp3) is 0.800. The Morgan fingerprint density at radius 2 is 2.22 bits per heavy atom. The van der Waals surface area contributed by atoms with Crippen LogP contribution in [0.2, 0.25) is 0 Å². The molecule has 0 amide bonds. The predicted octanol–water partition coefficient (Wildman–Crippen LogP) is 2.91. The number of nitrogens with one attached hydrogen (secondary N) is 1. The summed E-state index contributed by atoms with van der Waals surface area (Å²) in [6, 6.07) is 0.734. The van der Waals surface area contributed by atoms with E-state index in [0.717, 1.165) is 18.4 Å². The summed E-state index contributed by atoms with van der Waals surface area (Å²) in [5, 5.41) is 3.71. The maximum absolute atomic E-state index is 4.47. The zero-order chi connectivity index (χ0) is 12.8. The molecule has 102 valence electrons. The topological polar surface area (TPSA) is 29.9 Å². The van der Waals surface area contributed by atoms with Crippen molar-refractivity contribution in [3.63, 3.8) is 0 Å². The molecule has 2 atom stereocenters. The third kappa shape index (κ3) is 3.84. The molecule has 0 saturated heterocycles. The highest BCUT2D eigenvalue weighted by Crippen LogP contribution is 2.26. The molecular formula is C15H27N3. The molecule has 1 heterocycles. The maximum Gasteiger partial charge on any atom is 0.108 e. The van der Waals surface area contributed by atoms with Gasteiger partial charge in [-0.1, -0.05) is 19.8 Å². The molecule has 1 aromatic rings. The van der Waals surface area contributed by atoms with Gasteiger partial charge >= 0.3 is 0 Å². The molecule has 2 rings (SSSR count). The van der Waals surface area contributed by atoms with Gasteiger partial charge in [-0.05, 0) is 38.1 Å². The summed E-state index contributed by atoms with van der Waals surface area (Å²) in [5.41, 5.74) is 0. The molecular weight excluding hydrogens is 222 g/mol. The number of hydrogen-bond donors (Lipinski definition) is 1. The zero-order valence-corrected chi connectivity index (χ0v) is 11.9. The lowest BCUT2D eigenvalue weighted by Crippen LogP contribution is -2.31. The van der Waals surface area contributed by atoms with Crippen LogP contribution in [0.4, 0.5) is 0 Å². The van der Waals surface area contributed by atoms with Gasteiger partial charge in [0, 0.05) is 31.9 Å². The molecule has 3 heteroatoms. The van der Waals surface area contributed by atoms with Crippen LogP contribution in [0.15, 0.2) is 12.4 Å². The van der Waals surface area contributed by atoms with Crippen LogP contribution in [0.3, 0.4) is 0 Å². The predicted molar refractivity (Wildman–Crippen MR) is 75.6 cm³/mol. The molecule has 1 N–H and O–H groups in total. The molecule has 1 aromatic heterocycles. The monoisotopic (exact) mass is 249 g/mol. The van der Waals surface area contributed by atoms with Gasteiger partial charge in [0.1, 0.15) is 5.82 Å². The molecule has 1 aliphatic carbocycles. The minimum Gasteiger partial charge on any atom is -0.338 e. The highest BCUT2D eigenvalue weighted by atomic mass is 15.0. The second kappa shape index (κ2) is 6.93. The quantitative estimate of drug-likeness (QED) is 0.813. The van der Waals surface area contributed by atoms with Gasteiger partial charge in [0.15, 0.2) is 0 Å². The van der Waals surface area contributed by atoms with Crippen molar-refractivity contribution in [2.75, 3.05) is 6.54 Å². The van der Waals surface area contributed by atoms with Gasteiger partial charge in [-0.25, -0.2) is 4.98 Å². The molecule has 1 aliphatic rings. The van der Waals surface area contributed by atoms with Crippen molar-refractivity contribution >= 4 is 0 Å². The van der Waals surface area contributed by atoms with Crippen molar-refractivity contribution < 1.29 is 0 Å². The van der Waals surface area contributed by atoms with Crippen molar-refractivity contribution in [1.82, 2.24) is 14.9 Å². The van der Waals surface area contributed by atoms with Crippen LogP contribution in [0.1, 0.15) is 51.3 Å². The first-order valence-corrected chi connectivity index (χ1v) is 7.49. The molecule has 1 saturated carbocycles. The highest BCUT2D eigenvalue weighted by molar-refractivity contribution is 4.94. The van der Waals surface area contributed by atoms with E-state index in [1.54, 1.807) is 0 Å². The smallest absolute Gasteiger partial charge is 0.108 e. The van der Waals surface area contributed by atoms with E-state index in [-0.39, 0.29) is 0 Å². The standard InChI is InChI=1S/C15H27N3/c1-3-8-16-14-7-5-4-6-13(11-14)12-15-17-9-10-18(15)2/h9-10,13-14,16H,3-8,11-12H2,1-2H3. The summed E-state index contributed by atoms with van der Waals surface area (Å²) in [4.78, 5) is 4.47. The Balaban J connectivity index is 1.88. The summed E-state index contributed by atoms with van der Waals surface area (Å²) in [7, 11) is 2.10. The first-order valence-electron chi connectivity index (χ1n) is 7.49. The fourth-order valence-electron chi connectivity index (χ4n) is 3.03. The second-order valence-corrected chi connectivity index (χ2v) is 5.70. The van der Waals surface area contributed by atoms with Gasteiger partial charge in [-0.15, -0.1) is 0 Å². The summed E-state index contributed by atoms with van der Waals surface area (Å²) in [6.45, 7) is 3.41. The lowest BCUT2D eigenvalue weighted by molar-refractivity contribution is 0.377. The van der Waals surface area contributed by atoms with Crippen molar-refractivity contribution in [1.29, 1.82) is 0 Å². The zero-order valence-electron chi connectivity index (χ0n) is 11.9. The Bertz CT molecular complexity index is 345. The Labute approximate surface area is 111 Å². The molecule has 3 nitrogen and oxygen atoms in total. The molecule has 0 spiro atoms. The van der Waals surface area contributed by atoms with Crippen molar-refractivity contribution in [3.05, 3.63) is 18.2 Å². The van der Waals surface area contributed by atoms with Gasteiger partial charge < -0.3 is 9.88 Å². The summed E-state index contributed by atoms with van der Waals surface area (Å²) in [6.07, 6.45) is 13.2. The van der Waals surface area contributed by atoms with Crippen LogP contribution in [-0.2, 0) is 13.5 Å². The molecule has 1 fully saturated rings. The van der Waals surface area contributed by atoms with Crippen LogP contribution in [0.25, 0.3) is 0 Å². The molecule has 0 bridgehead atoms. The van der Waals surface area contributed by atoms with Crippen LogP contribution in [-0.4, -0.2) is 22.1 Å². The summed E-state index contributed by atoms with van der Waals surface area (Å²) < 4.78 is 2.17. The van der Waals surface area contributed by atoms with Crippen LogP contribution in [0.5, 0.6) is 0 Å². The lowest BCUT2D eigenvalue weighted by atomic mass is 9.94. The fourth-order valence-corrected chi connectivity index (χ4v) is 3.03. The van der Waals surface area contributed by atoms with Gasteiger partial charge in [0.05, 0.1) is 0 Å². The number of aryl methyl sites for hydroxylation is 1. The Morgan fingerprint density at radius 3 is 2.94 bits per heavy atom. The van der Waals surface area contributed by atoms with Gasteiger partial charge in [-0.2, -0.15) is 0 Å². The van der Waals surface area contributed by atoms with E-state index in [4.69, 9.17) is 0 Å². The van der Waals surface area contributed by atoms with E-state index < -0.39 is 0 Å². The number of nitrogens with zero attached hydrogens (tertiary/aromatic N) is 2. The molecule has 18 heavy (non-hydrogen) atoms. The third-order valence-corrected chi connectivity index (χ3v) is 4.11. The van der Waals surface area contributed by atoms with E-state index >= 15 is 0 Å². The average molecular weight is 249 g/mol. The van der Waals surface area contributed by atoms with Gasteiger partial charge in [0.25, 0.3) is 0 Å². The average Bonchev–Trinajstić information content (AvgIpc) is 2.64.